The van der Waals surface area contributed by atoms with Crippen LogP contribution in [0.25, 0.3) is 0 Å². The van der Waals surface area contributed by atoms with Crippen molar-refractivity contribution in [3.8, 4) is 0 Å². The Morgan fingerprint density at radius 3 is 2.83 bits per heavy atom. The van der Waals surface area contributed by atoms with Crippen molar-refractivity contribution in [3.63, 3.8) is 0 Å². The Morgan fingerprint density at radius 2 is 2.30 bits per heavy atom. The maximum Gasteiger partial charge on any atom is 0.255 e. The molecule has 0 radical (unpaired) electrons. The molecule has 2 rings (SSSR count). The van der Waals surface area contributed by atoms with Crippen molar-refractivity contribution in [3.05, 3.63) is 21.9 Å². The van der Waals surface area contributed by atoms with E-state index in [1.165, 1.54) is 6.08 Å². The number of ether oxygens (including phenoxy) is 1. The van der Waals surface area contributed by atoms with Gasteiger partial charge in [0.2, 0.25) is 5.91 Å². The molecule has 1 aromatic rings. The Hall–Kier alpha value is -1.62. The molecule has 0 bridgehead atoms. The summed E-state index contributed by atoms with van der Waals surface area (Å²) in [6.07, 6.45) is 1.98. The van der Waals surface area contributed by atoms with E-state index in [1.807, 2.05) is 22.6 Å². The summed E-state index contributed by atoms with van der Waals surface area (Å²) in [6.45, 7) is 4.46. The molecular formula is C14H20IN5O3. The van der Waals surface area contributed by atoms with Gasteiger partial charge in [-0.2, -0.15) is 5.10 Å². The van der Waals surface area contributed by atoms with E-state index in [2.05, 4.69) is 17.0 Å². The zero-order valence-corrected chi connectivity index (χ0v) is 15.2. The number of nitrogens with one attached hydrogen (secondary N) is 1. The highest BCUT2D eigenvalue weighted by atomic mass is 127. The number of aromatic nitrogens is 2. The van der Waals surface area contributed by atoms with Gasteiger partial charge in [-0.05, 0) is 35.1 Å². The lowest BCUT2D eigenvalue weighted by atomic mass is 10.2. The van der Waals surface area contributed by atoms with Gasteiger partial charge in [0.1, 0.15) is 15.1 Å². The molecular weight excluding hydrogens is 413 g/mol. The summed E-state index contributed by atoms with van der Waals surface area (Å²) < 4.78 is 7.48. The summed E-state index contributed by atoms with van der Waals surface area (Å²) >= 11 is 1.99. The third kappa shape index (κ3) is 3.34. The number of hydrogen-bond donors (Lipinski definition) is 2. The van der Waals surface area contributed by atoms with Gasteiger partial charge >= 0.3 is 0 Å². The minimum atomic E-state index is -0.532. The standard InChI is InChI=1S/C14H20IN5O3/c1-4-10(21)19-6-8(5-9(19)7-23-3)20-14(17-2)11(13(16)22)12(15)18-20/h4,8-9,17H,1,5-7H2,2-3H3,(H2,16,22)/t8-,9+/m0/s1. The second kappa shape index (κ2) is 7.30. The molecule has 1 aliphatic heterocycles. The number of anilines is 1. The first-order valence-corrected chi connectivity index (χ1v) is 8.19. The number of primary amides is 1. The van der Waals surface area contributed by atoms with Gasteiger partial charge in [-0.15, -0.1) is 0 Å². The molecule has 2 atom stereocenters. The number of nitrogens with zero attached hydrogens (tertiary/aromatic N) is 3. The van der Waals surface area contributed by atoms with Crippen molar-refractivity contribution in [2.45, 2.75) is 18.5 Å². The number of nitrogens with two attached hydrogens (primary N) is 1. The van der Waals surface area contributed by atoms with Crippen molar-refractivity contribution >= 4 is 40.2 Å². The fraction of sp³-hybridized carbons (Fsp3) is 0.500. The van der Waals surface area contributed by atoms with Crippen LogP contribution in [0, 0.1) is 3.70 Å². The number of carbonyl (C=O) groups is 2. The maximum atomic E-state index is 12.0. The van der Waals surface area contributed by atoms with Crippen LogP contribution in [0.4, 0.5) is 5.82 Å². The molecule has 23 heavy (non-hydrogen) atoms. The van der Waals surface area contributed by atoms with Crippen LogP contribution >= 0.6 is 22.6 Å². The van der Waals surface area contributed by atoms with Gasteiger partial charge in [-0.3, -0.25) is 9.59 Å². The molecule has 0 unspecified atom stereocenters. The van der Waals surface area contributed by atoms with Crippen LogP contribution in [0.3, 0.4) is 0 Å². The summed E-state index contributed by atoms with van der Waals surface area (Å²) in [5, 5.41) is 7.42. The number of methoxy groups -OCH3 is 1. The van der Waals surface area contributed by atoms with E-state index < -0.39 is 5.91 Å². The molecule has 1 fully saturated rings. The molecule has 0 saturated carbocycles. The van der Waals surface area contributed by atoms with Crippen LogP contribution in [0.1, 0.15) is 22.8 Å². The van der Waals surface area contributed by atoms with Gasteiger partial charge in [-0.25, -0.2) is 4.68 Å². The zero-order valence-electron chi connectivity index (χ0n) is 13.1. The van der Waals surface area contributed by atoms with Gasteiger partial charge in [0, 0.05) is 20.7 Å². The third-order valence-corrected chi connectivity index (χ3v) is 4.66. The first-order chi connectivity index (χ1) is 10.9. The van der Waals surface area contributed by atoms with Crippen molar-refractivity contribution in [2.24, 2.45) is 5.73 Å². The Bertz CT molecular complexity index is 630. The molecule has 0 aliphatic carbocycles. The van der Waals surface area contributed by atoms with Gasteiger partial charge in [0.15, 0.2) is 0 Å². The number of likely N-dealkylation sites (tertiary alicyclic amines) is 1. The predicted octanol–water partition coefficient (Wildman–Crippen LogP) is 0.603. The fourth-order valence-electron chi connectivity index (χ4n) is 2.94. The van der Waals surface area contributed by atoms with Crippen molar-refractivity contribution in [1.82, 2.24) is 14.7 Å². The minimum Gasteiger partial charge on any atom is -0.383 e. The number of carbonyl (C=O) groups excluding carboxylic acids is 2. The second-order valence-electron chi connectivity index (χ2n) is 5.27. The van der Waals surface area contributed by atoms with E-state index in [0.717, 1.165) is 0 Å². The molecule has 1 aromatic heterocycles. The normalized spacial score (nSPS) is 20.6. The second-order valence-corrected chi connectivity index (χ2v) is 6.29. The van der Waals surface area contributed by atoms with Crippen molar-refractivity contribution in [2.75, 3.05) is 32.6 Å². The van der Waals surface area contributed by atoms with E-state index in [1.54, 1.807) is 23.7 Å². The predicted molar refractivity (Wildman–Crippen MR) is 94.2 cm³/mol. The van der Waals surface area contributed by atoms with Gasteiger partial charge < -0.3 is 20.7 Å². The molecule has 9 heteroatoms. The lowest BCUT2D eigenvalue weighted by molar-refractivity contribution is -0.127. The van der Waals surface area contributed by atoms with Crippen LogP contribution in [0.5, 0.6) is 0 Å². The summed E-state index contributed by atoms with van der Waals surface area (Å²) in [5.41, 5.74) is 5.81. The number of amides is 2. The molecule has 2 amide bonds. The quantitative estimate of drug-likeness (QED) is 0.506. The Balaban J connectivity index is 2.36. The highest BCUT2D eigenvalue weighted by Crippen LogP contribution is 2.32. The largest absolute Gasteiger partial charge is 0.383 e. The van der Waals surface area contributed by atoms with Gasteiger partial charge in [0.05, 0.1) is 18.7 Å². The lowest BCUT2D eigenvalue weighted by Gasteiger charge is -2.22. The SMILES string of the molecule is C=CC(=O)N1C[C@@H](n2nc(I)c(C(N)=O)c2NC)C[C@@H]1COC. The average molecular weight is 433 g/mol. The van der Waals surface area contributed by atoms with Crippen LogP contribution in [0.2, 0.25) is 0 Å². The van der Waals surface area contributed by atoms with Gasteiger partial charge in [0.25, 0.3) is 5.91 Å². The molecule has 1 aliphatic rings. The van der Waals surface area contributed by atoms with Crippen molar-refractivity contribution < 1.29 is 14.3 Å². The van der Waals surface area contributed by atoms with Gasteiger partial charge in [-0.1, -0.05) is 6.58 Å². The number of halogens is 1. The molecule has 2 heterocycles. The van der Waals surface area contributed by atoms with E-state index in [-0.39, 0.29) is 18.0 Å². The molecule has 0 spiro atoms. The first-order valence-electron chi connectivity index (χ1n) is 7.12. The van der Waals surface area contributed by atoms with Crippen LogP contribution in [-0.4, -0.2) is 59.8 Å². The summed E-state index contributed by atoms with van der Waals surface area (Å²) in [7, 11) is 3.31. The zero-order chi connectivity index (χ0) is 17.1. The van der Waals surface area contributed by atoms with Crippen LogP contribution in [0.15, 0.2) is 12.7 Å². The van der Waals surface area contributed by atoms with Crippen molar-refractivity contribution in [1.29, 1.82) is 0 Å². The summed E-state index contributed by atoms with van der Waals surface area (Å²) in [4.78, 5) is 25.4. The molecule has 3 N–H and O–H groups in total. The Labute approximate surface area is 148 Å². The highest BCUT2D eigenvalue weighted by Gasteiger charge is 2.37. The van der Waals surface area contributed by atoms with Crippen LogP contribution in [-0.2, 0) is 9.53 Å². The first kappa shape index (κ1) is 17.7. The van der Waals surface area contributed by atoms with E-state index in [0.29, 0.717) is 34.7 Å². The van der Waals surface area contributed by atoms with Crippen LogP contribution < -0.4 is 11.1 Å². The van der Waals surface area contributed by atoms with E-state index >= 15 is 0 Å². The monoisotopic (exact) mass is 433 g/mol. The topological polar surface area (TPSA) is 102 Å². The molecule has 1 saturated heterocycles. The Kier molecular flexibility index (Phi) is 5.63. The summed E-state index contributed by atoms with van der Waals surface area (Å²) in [6, 6.07) is -0.123. The average Bonchev–Trinajstić information content (AvgIpc) is 3.07. The smallest absolute Gasteiger partial charge is 0.255 e. The van der Waals surface area contributed by atoms with E-state index in [4.69, 9.17) is 10.5 Å². The molecule has 0 aromatic carbocycles. The minimum absolute atomic E-state index is 0.0564. The molecule has 8 nitrogen and oxygen atoms in total. The highest BCUT2D eigenvalue weighted by molar-refractivity contribution is 14.1. The third-order valence-electron chi connectivity index (χ3n) is 3.91. The van der Waals surface area contributed by atoms with E-state index in [9.17, 15) is 9.59 Å². The lowest BCUT2D eigenvalue weighted by Crippen LogP contribution is -2.37. The summed E-state index contributed by atoms with van der Waals surface area (Å²) in [5.74, 6) is -0.107. The number of rotatable bonds is 6. The maximum absolute atomic E-state index is 12.0. The fourth-order valence-corrected chi connectivity index (χ4v) is 3.69. The molecule has 126 valence electrons. The number of hydrogen-bond acceptors (Lipinski definition) is 5. The Morgan fingerprint density at radius 1 is 1.61 bits per heavy atom.